The van der Waals surface area contributed by atoms with Gasteiger partial charge in [-0.15, -0.1) is 0 Å². The maximum atomic E-state index is 12.6. The van der Waals surface area contributed by atoms with Crippen molar-refractivity contribution in [3.63, 3.8) is 0 Å². The van der Waals surface area contributed by atoms with Gasteiger partial charge in [-0.3, -0.25) is 4.79 Å². The van der Waals surface area contributed by atoms with Crippen LogP contribution in [0.1, 0.15) is 41.6 Å². The van der Waals surface area contributed by atoms with Crippen LogP contribution in [0.2, 0.25) is 0 Å². The Morgan fingerprint density at radius 2 is 1.86 bits per heavy atom. The van der Waals surface area contributed by atoms with Crippen LogP contribution in [-0.4, -0.2) is 37.1 Å². The lowest BCUT2D eigenvalue weighted by Crippen LogP contribution is -2.39. The topological polar surface area (TPSA) is 54.5 Å². The first-order valence-electron chi connectivity index (χ1n) is 9.50. The summed E-state index contributed by atoms with van der Waals surface area (Å²) < 4.78 is 43.5. The molecule has 0 bridgehead atoms. The van der Waals surface area contributed by atoms with E-state index in [0.717, 1.165) is 30.8 Å². The van der Waals surface area contributed by atoms with Crippen molar-refractivity contribution in [1.82, 2.24) is 10.3 Å². The number of ether oxygens (including phenoxy) is 1. The van der Waals surface area contributed by atoms with Gasteiger partial charge in [0.15, 0.2) is 0 Å². The Hall–Kier alpha value is -2.77. The number of benzene rings is 1. The van der Waals surface area contributed by atoms with Gasteiger partial charge in [-0.2, -0.15) is 13.2 Å². The smallest absolute Gasteiger partial charge is 0.417 e. The molecule has 0 radical (unpaired) electrons. The third kappa shape index (κ3) is 5.62. The molecule has 1 saturated carbocycles. The van der Waals surface area contributed by atoms with Crippen molar-refractivity contribution < 1.29 is 22.7 Å². The molecular formula is C21H24F3N3O2. The van der Waals surface area contributed by atoms with Crippen molar-refractivity contribution >= 4 is 11.6 Å². The maximum absolute atomic E-state index is 12.6. The molecule has 1 aromatic carbocycles. The molecule has 0 saturated heterocycles. The number of rotatable bonds is 5. The number of halogens is 3. The van der Waals surface area contributed by atoms with Gasteiger partial charge in [-0.25, -0.2) is 4.98 Å². The van der Waals surface area contributed by atoms with Crippen LogP contribution in [0.5, 0.6) is 5.88 Å². The van der Waals surface area contributed by atoms with Gasteiger partial charge in [0.25, 0.3) is 5.91 Å². The van der Waals surface area contributed by atoms with Gasteiger partial charge in [-0.1, -0.05) is 6.07 Å². The highest BCUT2D eigenvalue weighted by Gasteiger charge is 2.31. The van der Waals surface area contributed by atoms with Gasteiger partial charge >= 0.3 is 6.18 Å². The van der Waals surface area contributed by atoms with E-state index in [1.807, 2.05) is 37.2 Å². The zero-order valence-electron chi connectivity index (χ0n) is 16.4. The Morgan fingerprint density at radius 3 is 2.45 bits per heavy atom. The fraction of sp³-hybridized carbons (Fsp3) is 0.429. The molecule has 1 fully saturated rings. The van der Waals surface area contributed by atoms with Crippen LogP contribution in [0, 0.1) is 0 Å². The minimum Gasteiger partial charge on any atom is -0.474 e. The van der Waals surface area contributed by atoms with E-state index < -0.39 is 11.7 Å². The van der Waals surface area contributed by atoms with E-state index >= 15 is 0 Å². The van der Waals surface area contributed by atoms with Crippen molar-refractivity contribution in [2.45, 2.75) is 44.0 Å². The molecule has 2 aromatic rings. The van der Waals surface area contributed by atoms with Gasteiger partial charge < -0.3 is 15.0 Å². The quantitative estimate of drug-likeness (QED) is 0.804. The monoisotopic (exact) mass is 407 g/mol. The summed E-state index contributed by atoms with van der Waals surface area (Å²) in [5.74, 6) is 0.0773. The minimum atomic E-state index is -4.41. The van der Waals surface area contributed by atoms with Crippen LogP contribution in [0.4, 0.5) is 18.9 Å². The lowest BCUT2D eigenvalue weighted by atomic mass is 9.92. The number of anilines is 1. The lowest BCUT2D eigenvalue weighted by molar-refractivity contribution is -0.137. The van der Waals surface area contributed by atoms with Crippen LogP contribution in [0.15, 0.2) is 42.6 Å². The highest BCUT2D eigenvalue weighted by molar-refractivity contribution is 5.95. The molecule has 0 unspecified atom stereocenters. The number of hydrogen-bond acceptors (Lipinski definition) is 4. The maximum Gasteiger partial charge on any atom is 0.417 e. The molecule has 1 aliphatic rings. The van der Waals surface area contributed by atoms with Crippen molar-refractivity contribution in [2.24, 2.45) is 0 Å². The van der Waals surface area contributed by atoms with E-state index in [1.54, 1.807) is 6.07 Å². The Morgan fingerprint density at radius 1 is 1.14 bits per heavy atom. The Labute approximate surface area is 167 Å². The number of amides is 1. The second-order valence-corrected chi connectivity index (χ2v) is 7.39. The Balaban J connectivity index is 1.49. The number of nitrogens with zero attached hydrogens (tertiary/aromatic N) is 2. The van der Waals surface area contributed by atoms with Crippen LogP contribution >= 0.6 is 0 Å². The zero-order chi connectivity index (χ0) is 21.0. The predicted octanol–water partition coefficient (Wildman–Crippen LogP) is 4.29. The van der Waals surface area contributed by atoms with Gasteiger partial charge in [0.1, 0.15) is 6.10 Å². The van der Waals surface area contributed by atoms with Gasteiger partial charge in [-0.05, 0) is 49.9 Å². The highest BCUT2D eigenvalue weighted by atomic mass is 19.4. The first-order valence-corrected chi connectivity index (χ1v) is 9.50. The number of hydrogen-bond donors (Lipinski definition) is 1. The van der Waals surface area contributed by atoms with E-state index in [4.69, 9.17) is 4.74 Å². The molecule has 0 spiro atoms. The van der Waals surface area contributed by atoms with E-state index in [0.29, 0.717) is 18.4 Å². The second kappa shape index (κ2) is 8.71. The molecule has 156 valence electrons. The zero-order valence-corrected chi connectivity index (χ0v) is 16.4. The molecule has 1 aliphatic carbocycles. The Kier molecular flexibility index (Phi) is 6.30. The van der Waals surface area contributed by atoms with E-state index in [-0.39, 0.29) is 23.9 Å². The number of carbonyl (C=O) groups is 1. The molecule has 1 aromatic heterocycles. The fourth-order valence-corrected chi connectivity index (χ4v) is 3.31. The molecular weight excluding hydrogens is 383 g/mol. The largest absolute Gasteiger partial charge is 0.474 e. The summed E-state index contributed by atoms with van der Waals surface area (Å²) in [7, 11) is 3.84. The van der Waals surface area contributed by atoms with Crippen molar-refractivity contribution in [3.8, 4) is 5.88 Å². The fourth-order valence-electron chi connectivity index (χ4n) is 3.31. The average molecular weight is 407 g/mol. The summed E-state index contributed by atoms with van der Waals surface area (Å²) in [6.45, 7) is 0. The summed E-state index contributed by atoms with van der Waals surface area (Å²) >= 11 is 0. The van der Waals surface area contributed by atoms with Crippen LogP contribution in [0.3, 0.4) is 0 Å². The minimum absolute atomic E-state index is 0.0472. The van der Waals surface area contributed by atoms with Gasteiger partial charge in [0.05, 0.1) is 5.56 Å². The number of alkyl halides is 3. The van der Waals surface area contributed by atoms with Crippen LogP contribution in [-0.2, 0) is 6.18 Å². The SMILES string of the molecule is CN(C)c1cccc(C(=O)NC2CCC(Oc3ccc(C(F)(F)F)cn3)CC2)c1. The molecule has 29 heavy (non-hydrogen) atoms. The van der Waals surface area contributed by atoms with E-state index in [1.165, 1.54) is 6.07 Å². The summed E-state index contributed by atoms with van der Waals surface area (Å²) in [5, 5.41) is 3.06. The van der Waals surface area contributed by atoms with Crippen LogP contribution in [0.25, 0.3) is 0 Å². The molecule has 8 heteroatoms. The number of pyridine rings is 1. The van der Waals surface area contributed by atoms with Crippen molar-refractivity contribution in [2.75, 3.05) is 19.0 Å². The molecule has 0 aliphatic heterocycles. The first-order chi connectivity index (χ1) is 13.7. The highest BCUT2D eigenvalue weighted by Crippen LogP contribution is 2.30. The lowest BCUT2D eigenvalue weighted by Gasteiger charge is -2.29. The summed E-state index contributed by atoms with van der Waals surface area (Å²) in [4.78, 5) is 18.2. The third-order valence-electron chi connectivity index (χ3n) is 4.99. The average Bonchev–Trinajstić information content (AvgIpc) is 2.69. The predicted molar refractivity (Wildman–Crippen MR) is 104 cm³/mol. The molecule has 1 amide bonds. The summed E-state index contributed by atoms with van der Waals surface area (Å²) in [6.07, 6.45) is -0.868. The van der Waals surface area contributed by atoms with Crippen molar-refractivity contribution in [1.29, 1.82) is 0 Å². The number of carbonyl (C=O) groups excluding carboxylic acids is 1. The third-order valence-corrected chi connectivity index (χ3v) is 4.99. The molecule has 5 nitrogen and oxygen atoms in total. The van der Waals surface area contributed by atoms with Crippen molar-refractivity contribution in [3.05, 3.63) is 53.7 Å². The standard InChI is InChI=1S/C21H24F3N3O2/c1-27(2)17-5-3-4-14(12-17)20(28)26-16-7-9-18(10-8-16)29-19-11-6-15(13-25-19)21(22,23)24/h3-6,11-13,16,18H,7-10H2,1-2H3,(H,26,28). The van der Waals surface area contributed by atoms with E-state index in [9.17, 15) is 18.0 Å². The summed E-state index contributed by atoms with van der Waals surface area (Å²) in [5.41, 5.74) is 0.775. The van der Waals surface area contributed by atoms with Gasteiger partial charge in [0.2, 0.25) is 5.88 Å². The van der Waals surface area contributed by atoms with Crippen LogP contribution < -0.4 is 15.0 Å². The number of nitrogens with one attached hydrogen (secondary N) is 1. The Bertz CT molecular complexity index is 830. The molecule has 0 atom stereocenters. The summed E-state index contributed by atoms with van der Waals surface area (Å²) in [6, 6.07) is 9.68. The normalized spacial score (nSPS) is 19.5. The molecule has 1 heterocycles. The van der Waals surface area contributed by atoms with Gasteiger partial charge in [0, 0.05) is 43.7 Å². The molecule has 1 N–H and O–H groups in total. The molecule has 3 rings (SSSR count). The first kappa shape index (κ1) is 21.0. The number of aromatic nitrogens is 1. The van der Waals surface area contributed by atoms with E-state index in [2.05, 4.69) is 10.3 Å². The second-order valence-electron chi connectivity index (χ2n) is 7.39.